The molecule has 1 aliphatic heterocycles. The van der Waals surface area contributed by atoms with E-state index in [0.29, 0.717) is 38.0 Å². The lowest BCUT2D eigenvalue weighted by atomic mass is 10.2. The second-order valence-electron chi connectivity index (χ2n) is 3.89. The third kappa shape index (κ3) is 3.15. The molecule has 1 aromatic rings. The Hall–Kier alpha value is -1.18. The summed E-state index contributed by atoms with van der Waals surface area (Å²) in [6.07, 6.45) is 0.470. The number of methoxy groups -OCH3 is 1. The maximum Gasteiger partial charge on any atom is 0.266 e. The van der Waals surface area contributed by atoms with Crippen molar-refractivity contribution in [1.82, 2.24) is 10.1 Å². The lowest BCUT2D eigenvalue weighted by Crippen LogP contribution is -2.36. The summed E-state index contributed by atoms with van der Waals surface area (Å²) in [4.78, 5) is 6.37. The fourth-order valence-electron chi connectivity index (χ4n) is 1.68. The number of ether oxygens (including phenoxy) is 2. The summed E-state index contributed by atoms with van der Waals surface area (Å²) in [5.41, 5.74) is 5.54. The molecule has 0 bridgehead atoms. The van der Waals surface area contributed by atoms with Gasteiger partial charge >= 0.3 is 0 Å². The molecule has 7 heteroatoms. The Morgan fingerprint density at radius 1 is 1.47 bits per heavy atom. The molecule has 1 unspecified atom stereocenters. The molecule has 0 aliphatic carbocycles. The van der Waals surface area contributed by atoms with E-state index in [-0.39, 0.29) is 6.10 Å². The molecule has 1 aromatic heterocycles. The molecule has 2 N–H and O–H groups in total. The summed E-state index contributed by atoms with van der Waals surface area (Å²) < 4.78 is 15.6. The van der Waals surface area contributed by atoms with Gasteiger partial charge in [0.15, 0.2) is 0 Å². The average molecular weight is 242 g/mol. The van der Waals surface area contributed by atoms with Gasteiger partial charge in [0.25, 0.3) is 5.95 Å². The number of nitrogens with zero attached hydrogens (tertiary/aromatic N) is 3. The monoisotopic (exact) mass is 242 g/mol. The molecule has 17 heavy (non-hydrogen) atoms. The van der Waals surface area contributed by atoms with Gasteiger partial charge in [-0.15, -0.1) is 0 Å². The number of hydrogen-bond acceptors (Lipinski definition) is 7. The Balaban J connectivity index is 1.94. The lowest BCUT2D eigenvalue weighted by molar-refractivity contribution is 0.102. The highest BCUT2D eigenvalue weighted by Gasteiger charge is 2.18. The summed E-state index contributed by atoms with van der Waals surface area (Å²) in [7, 11) is 1.62. The van der Waals surface area contributed by atoms with Crippen LogP contribution in [0.25, 0.3) is 0 Å². The first kappa shape index (κ1) is 12.3. The van der Waals surface area contributed by atoms with Crippen LogP contribution in [0.15, 0.2) is 4.52 Å². The molecular weight excluding hydrogens is 224 g/mol. The molecule has 0 amide bonds. The topological polar surface area (TPSA) is 86.6 Å². The van der Waals surface area contributed by atoms with Crippen molar-refractivity contribution in [3.63, 3.8) is 0 Å². The first-order valence-electron chi connectivity index (χ1n) is 5.71. The molecule has 0 radical (unpaired) electrons. The van der Waals surface area contributed by atoms with Gasteiger partial charge in [-0.05, 0) is 5.16 Å². The van der Waals surface area contributed by atoms with E-state index in [1.807, 2.05) is 4.90 Å². The predicted molar refractivity (Wildman–Crippen MR) is 60.9 cm³/mol. The third-order valence-corrected chi connectivity index (χ3v) is 2.75. The largest absolute Gasteiger partial charge is 0.380 e. The zero-order chi connectivity index (χ0) is 12.1. The Labute approximate surface area is 99.9 Å². The van der Waals surface area contributed by atoms with Crippen molar-refractivity contribution in [2.45, 2.75) is 12.5 Å². The minimum Gasteiger partial charge on any atom is -0.380 e. The smallest absolute Gasteiger partial charge is 0.266 e. The van der Waals surface area contributed by atoms with Crippen LogP contribution in [-0.4, -0.2) is 56.2 Å². The molecular formula is C10H18N4O3. The molecule has 0 spiro atoms. The van der Waals surface area contributed by atoms with Gasteiger partial charge in [0.2, 0.25) is 5.89 Å². The van der Waals surface area contributed by atoms with Crippen LogP contribution < -0.4 is 10.6 Å². The fourth-order valence-corrected chi connectivity index (χ4v) is 1.68. The standard InChI is InChI=1S/C10H18N4O3/c1-15-8(7-11)6-9-12-10(13-17-9)14-2-4-16-5-3-14/h8H,2-7,11H2,1H3. The second-order valence-corrected chi connectivity index (χ2v) is 3.89. The number of nitrogens with two attached hydrogens (primary N) is 1. The van der Waals surface area contributed by atoms with Crippen LogP contribution in [0, 0.1) is 0 Å². The van der Waals surface area contributed by atoms with Gasteiger partial charge in [0.05, 0.1) is 25.7 Å². The van der Waals surface area contributed by atoms with Crippen LogP contribution in [-0.2, 0) is 15.9 Å². The summed E-state index contributed by atoms with van der Waals surface area (Å²) in [6, 6.07) is 0. The van der Waals surface area contributed by atoms with Crippen molar-refractivity contribution in [1.29, 1.82) is 0 Å². The highest BCUT2D eigenvalue weighted by Crippen LogP contribution is 2.12. The average Bonchev–Trinajstić information content (AvgIpc) is 2.85. The van der Waals surface area contributed by atoms with Crippen LogP contribution in [0.1, 0.15) is 5.89 Å². The van der Waals surface area contributed by atoms with Gasteiger partial charge in [-0.1, -0.05) is 0 Å². The molecule has 7 nitrogen and oxygen atoms in total. The maximum absolute atomic E-state index is 5.54. The number of rotatable bonds is 5. The molecule has 0 saturated carbocycles. The third-order valence-electron chi connectivity index (χ3n) is 2.75. The van der Waals surface area contributed by atoms with Crippen molar-refractivity contribution >= 4 is 5.95 Å². The summed E-state index contributed by atoms with van der Waals surface area (Å²) in [5, 5.41) is 3.95. The van der Waals surface area contributed by atoms with E-state index in [2.05, 4.69) is 10.1 Å². The van der Waals surface area contributed by atoms with Crippen molar-refractivity contribution in [3.8, 4) is 0 Å². The van der Waals surface area contributed by atoms with Crippen molar-refractivity contribution < 1.29 is 14.0 Å². The second kappa shape index (κ2) is 5.95. The summed E-state index contributed by atoms with van der Waals surface area (Å²) in [5.74, 6) is 1.18. The molecule has 1 fully saturated rings. The van der Waals surface area contributed by atoms with Crippen LogP contribution >= 0.6 is 0 Å². The fraction of sp³-hybridized carbons (Fsp3) is 0.800. The maximum atomic E-state index is 5.54. The van der Waals surface area contributed by atoms with E-state index in [1.165, 1.54) is 0 Å². The zero-order valence-corrected chi connectivity index (χ0v) is 9.96. The first-order valence-corrected chi connectivity index (χ1v) is 5.71. The molecule has 2 rings (SSSR count). The summed E-state index contributed by atoms with van der Waals surface area (Å²) in [6.45, 7) is 3.43. The van der Waals surface area contributed by atoms with Crippen LogP contribution in [0.5, 0.6) is 0 Å². The first-order chi connectivity index (χ1) is 8.33. The van der Waals surface area contributed by atoms with Gasteiger partial charge in [-0.2, -0.15) is 4.98 Å². The minimum absolute atomic E-state index is 0.0759. The van der Waals surface area contributed by atoms with Crippen molar-refractivity contribution in [2.75, 3.05) is 44.9 Å². The van der Waals surface area contributed by atoms with E-state index >= 15 is 0 Å². The number of hydrogen-bond donors (Lipinski definition) is 1. The van der Waals surface area contributed by atoms with E-state index in [1.54, 1.807) is 7.11 Å². The normalized spacial score (nSPS) is 18.4. The van der Waals surface area contributed by atoms with Crippen LogP contribution in [0.3, 0.4) is 0 Å². The molecule has 96 valence electrons. The van der Waals surface area contributed by atoms with Gasteiger partial charge < -0.3 is 24.6 Å². The SMILES string of the molecule is COC(CN)Cc1nc(N2CCOCC2)no1. The van der Waals surface area contributed by atoms with Gasteiger partial charge in [-0.25, -0.2) is 0 Å². The minimum atomic E-state index is -0.0759. The highest BCUT2D eigenvalue weighted by atomic mass is 16.5. The molecule has 1 saturated heterocycles. The van der Waals surface area contributed by atoms with Gasteiger partial charge in [-0.3, -0.25) is 0 Å². The van der Waals surface area contributed by atoms with E-state index < -0.39 is 0 Å². The number of morpholine rings is 1. The quantitative estimate of drug-likeness (QED) is 0.739. The van der Waals surface area contributed by atoms with Gasteiger partial charge in [0.1, 0.15) is 0 Å². The Morgan fingerprint density at radius 2 is 2.24 bits per heavy atom. The molecule has 1 atom stereocenters. The lowest BCUT2D eigenvalue weighted by Gasteiger charge is -2.24. The van der Waals surface area contributed by atoms with E-state index in [4.69, 9.17) is 19.7 Å². The Kier molecular flexibility index (Phi) is 4.29. The van der Waals surface area contributed by atoms with Crippen LogP contribution in [0.4, 0.5) is 5.95 Å². The van der Waals surface area contributed by atoms with Crippen molar-refractivity contribution in [2.24, 2.45) is 5.73 Å². The molecule has 1 aliphatic rings. The predicted octanol–water partition coefficient (Wildman–Crippen LogP) is -0.578. The zero-order valence-electron chi connectivity index (χ0n) is 9.96. The Morgan fingerprint density at radius 3 is 2.88 bits per heavy atom. The number of aromatic nitrogens is 2. The summed E-state index contributed by atoms with van der Waals surface area (Å²) >= 11 is 0. The highest BCUT2D eigenvalue weighted by molar-refractivity contribution is 5.28. The number of anilines is 1. The van der Waals surface area contributed by atoms with Crippen LogP contribution in [0.2, 0.25) is 0 Å². The van der Waals surface area contributed by atoms with Crippen molar-refractivity contribution in [3.05, 3.63) is 5.89 Å². The van der Waals surface area contributed by atoms with E-state index in [0.717, 1.165) is 13.1 Å². The Bertz CT molecular complexity index is 334. The molecule has 0 aromatic carbocycles. The van der Waals surface area contributed by atoms with E-state index in [9.17, 15) is 0 Å². The molecule has 2 heterocycles. The van der Waals surface area contributed by atoms with Gasteiger partial charge in [0, 0.05) is 26.7 Å².